The SMILES string of the molecule is C=C(C)C(CN(C)Cc1ccn2ncnc(Nc3cccc(OC)c3)c12)C(CC)NC(=O)OC.Cc1ccccc1. The van der Waals surface area contributed by atoms with E-state index >= 15 is 0 Å². The number of nitrogens with one attached hydrogen (secondary N) is 2. The van der Waals surface area contributed by atoms with E-state index in [1.165, 1.54) is 19.0 Å². The van der Waals surface area contributed by atoms with Crippen molar-refractivity contribution in [1.29, 1.82) is 0 Å². The highest BCUT2D eigenvalue weighted by Crippen LogP contribution is 2.26. The van der Waals surface area contributed by atoms with Crippen LogP contribution >= 0.6 is 0 Å². The van der Waals surface area contributed by atoms with Crippen LogP contribution in [0.15, 0.2) is 85.3 Å². The molecule has 2 heterocycles. The second kappa shape index (κ2) is 15.4. The van der Waals surface area contributed by atoms with Crippen molar-refractivity contribution in [2.75, 3.05) is 33.1 Å². The van der Waals surface area contributed by atoms with Crippen molar-refractivity contribution in [2.45, 2.75) is 39.8 Å². The van der Waals surface area contributed by atoms with Gasteiger partial charge in [0.25, 0.3) is 0 Å². The van der Waals surface area contributed by atoms with Crippen LogP contribution in [-0.4, -0.2) is 59.4 Å². The molecule has 1 amide bonds. The van der Waals surface area contributed by atoms with Crippen LogP contribution in [0, 0.1) is 12.8 Å². The zero-order chi connectivity index (χ0) is 29.8. The van der Waals surface area contributed by atoms with Gasteiger partial charge in [-0.15, -0.1) is 0 Å². The van der Waals surface area contributed by atoms with Gasteiger partial charge < -0.3 is 25.0 Å². The van der Waals surface area contributed by atoms with Gasteiger partial charge in [-0.25, -0.2) is 14.3 Å². The summed E-state index contributed by atoms with van der Waals surface area (Å²) in [7, 11) is 5.08. The predicted octanol–water partition coefficient (Wildman–Crippen LogP) is 6.24. The number of hydrogen-bond donors (Lipinski definition) is 2. The van der Waals surface area contributed by atoms with Crippen molar-refractivity contribution >= 4 is 23.1 Å². The largest absolute Gasteiger partial charge is 0.497 e. The molecule has 0 saturated heterocycles. The summed E-state index contributed by atoms with van der Waals surface area (Å²) in [5, 5.41) is 10.7. The molecule has 0 bridgehead atoms. The van der Waals surface area contributed by atoms with Crippen LogP contribution in [0.5, 0.6) is 5.75 Å². The Bertz CT molecular complexity index is 1410. The summed E-state index contributed by atoms with van der Waals surface area (Å²) >= 11 is 0. The Labute approximate surface area is 243 Å². The highest BCUT2D eigenvalue weighted by molar-refractivity contribution is 5.76. The minimum absolute atomic E-state index is 0.0631. The van der Waals surface area contributed by atoms with Crippen LogP contribution in [0.3, 0.4) is 0 Å². The second-order valence-electron chi connectivity index (χ2n) is 10.1. The number of ether oxygens (including phenoxy) is 2. The molecule has 41 heavy (non-hydrogen) atoms. The molecule has 0 aliphatic heterocycles. The maximum absolute atomic E-state index is 11.8. The van der Waals surface area contributed by atoms with Crippen LogP contribution in [0.25, 0.3) is 5.52 Å². The average Bonchev–Trinajstić information content (AvgIpc) is 3.38. The molecule has 9 heteroatoms. The maximum Gasteiger partial charge on any atom is 0.407 e. The van der Waals surface area contributed by atoms with E-state index in [1.807, 2.05) is 67.0 Å². The Balaban J connectivity index is 0.000000575. The molecular weight excluding hydrogens is 516 g/mol. The number of alkyl carbamates (subject to hydrolysis) is 1. The van der Waals surface area contributed by atoms with Gasteiger partial charge in [-0.3, -0.25) is 0 Å². The molecule has 2 aromatic carbocycles. The number of hydrogen-bond acceptors (Lipinski definition) is 7. The Hall–Kier alpha value is -4.37. The number of carbonyl (C=O) groups is 1. The number of aromatic nitrogens is 3. The summed E-state index contributed by atoms with van der Waals surface area (Å²) in [6.45, 7) is 11.7. The van der Waals surface area contributed by atoms with E-state index in [9.17, 15) is 4.79 Å². The number of nitrogens with zero attached hydrogens (tertiary/aromatic N) is 4. The molecule has 0 spiro atoms. The highest BCUT2D eigenvalue weighted by Gasteiger charge is 2.25. The number of anilines is 2. The zero-order valence-electron chi connectivity index (χ0n) is 24.9. The number of methoxy groups -OCH3 is 2. The van der Waals surface area contributed by atoms with E-state index in [2.05, 4.69) is 64.4 Å². The van der Waals surface area contributed by atoms with Crippen LogP contribution in [0.4, 0.5) is 16.3 Å². The molecule has 4 rings (SSSR count). The fraction of sp³-hybridized carbons (Fsp3) is 0.344. The van der Waals surface area contributed by atoms with Crippen LogP contribution < -0.4 is 15.4 Å². The quantitative estimate of drug-likeness (QED) is 0.211. The number of carbonyl (C=O) groups excluding carboxylic acids is 1. The van der Waals surface area contributed by atoms with Crippen molar-refractivity contribution in [3.05, 3.63) is 96.5 Å². The Kier molecular flexibility index (Phi) is 11.7. The van der Waals surface area contributed by atoms with Gasteiger partial charge in [-0.05, 0) is 51.1 Å². The van der Waals surface area contributed by atoms with Gasteiger partial charge in [0.2, 0.25) is 0 Å². The molecule has 0 aliphatic rings. The molecule has 4 aromatic rings. The summed E-state index contributed by atoms with van der Waals surface area (Å²) in [4.78, 5) is 18.5. The van der Waals surface area contributed by atoms with Crippen molar-refractivity contribution in [1.82, 2.24) is 24.8 Å². The predicted molar refractivity (Wildman–Crippen MR) is 165 cm³/mol. The van der Waals surface area contributed by atoms with Gasteiger partial charge in [0.1, 0.15) is 17.6 Å². The van der Waals surface area contributed by atoms with E-state index < -0.39 is 6.09 Å². The molecule has 0 radical (unpaired) electrons. The number of benzene rings is 2. The van der Waals surface area contributed by atoms with Gasteiger partial charge >= 0.3 is 6.09 Å². The molecule has 218 valence electrons. The smallest absolute Gasteiger partial charge is 0.407 e. The summed E-state index contributed by atoms with van der Waals surface area (Å²) in [6, 6.07) is 20.0. The topological polar surface area (TPSA) is 93.0 Å². The fourth-order valence-corrected chi connectivity index (χ4v) is 4.62. The molecule has 2 N–H and O–H groups in total. The molecule has 0 aliphatic carbocycles. The van der Waals surface area contributed by atoms with Gasteiger partial charge in [0.15, 0.2) is 5.82 Å². The lowest BCUT2D eigenvalue weighted by atomic mass is 9.90. The Morgan fingerprint density at radius 3 is 2.49 bits per heavy atom. The molecular formula is C32H42N6O3. The summed E-state index contributed by atoms with van der Waals surface area (Å²) in [5.74, 6) is 1.56. The molecule has 2 atom stereocenters. The van der Waals surface area contributed by atoms with Crippen molar-refractivity contribution < 1.29 is 14.3 Å². The van der Waals surface area contributed by atoms with E-state index in [1.54, 1.807) is 7.11 Å². The first-order valence-electron chi connectivity index (χ1n) is 13.7. The normalized spacial score (nSPS) is 12.2. The van der Waals surface area contributed by atoms with Crippen LogP contribution in [-0.2, 0) is 11.3 Å². The summed E-state index contributed by atoms with van der Waals surface area (Å²) in [5.41, 5.74) is 5.21. The Morgan fingerprint density at radius 2 is 1.88 bits per heavy atom. The molecule has 0 saturated carbocycles. The third-order valence-electron chi connectivity index (χ3n) is 6.81. The standard InChI is InChI=1S/C25H34N6O3.C7H8/c1-7-22(29-25(32)34-6)21(17(2)3)15-30(4)14-18-11-12-31-23(18)24(26-16-27-31)28-19-9-8-10-20(13-19)33-5;1-7-5-3-2-4-6-7/h8-13,16,21-22H,2,7,14-15H2,1,3-6H3,(H,29,32)(H,26,27,28);2-6H,1H3. The van der Waals surface area contributed by atoms with E-state index in [-0.39, 0.29) is 12.0 Å². The number of aryl methyl sites for hydroxylation is 1. The number of fused-ring (bicyclic) bond motifs is 1. The summed E-state index contributed by atoms with van der Waals surface area (Å²) in [6.07, 6.45) is 3.81. The lowest BCUT2D eigenvalue weighted by molar-refractivity contribution is 0.158. The molecule has 9 nitrogen and oxygen atoms in total. The highest BCUT2D eigenvalue weighted by atomic mass is 16.5. The third-order valence-corrected chi connectivity index (χ3v) is 6.81. The first-order chi connectivity index (χ1) is 19.7. The third kappa shape index (κ3) is 9.08. The second-order valence-corrected chi connectivity index (χ2v) is 10.1. The van der Waals surface area contributed by atoms with Gasteiger partial charge in [-0.2, -0.15) is 5.10 Å². The molecule has 0 fully saturated rings. The molecule has 2 unspecified atom stereocenters. The monoisotopic (exact) mass is 558 g/mol. The van der Waals surface area contributed by atoms with Crippen LogP contribution in [0.1, 0.15) is 31.4 Å². The van der Waals surface area contributed by atoms with Gasteiger partial charge in [0, 0.05) is 43.0 Å². The minimum atomic E-state index is -0.426. The minimum Gasteiger partial charge on any atom is -0.497 e. The van der Waals surface area contributed by atoms with Gasteiger partial charge in [0.05, 0.1) is 14.2 Å². The van der Waals surface area contributed by atoms with Crippen molar-refractivity contribution in [3.63, 3.8) is 0 Å². The number of amides is 1. The van der Waals surface area contributed by atoms with Crippen LogP contribution in [0.2, 0.25) is 0 Å². The lowest BCUT2D eigenvalue weighted by Crippen LogP contribution is -2.44. The van der Waals surface area contributed by atoms with E-state index in [0.29, 0.717) is 12.4 Å². The van der Waals surface area contributed by atoms with E-state index in [0.717, 1.165) is 41.1 Å². The van der Waals surface area contributed by atoms with Crippen molar-refractivity contribution in [2.24, 2.45) is 5.92 Å². The zero-order valence-corrected chi connectivity index (χ0v) is 24.9. The number of rotatable bonds is 11. The molecule has 2 aromatic heterocycles. The maximum atomic E-state index is 11.8. The van der Waals surface area contributed by atoms with Crippen molar-refractivity contribution in [3.8, 4) is 5.75 Å². The lowest BCUT2D eigenvalue weighted by Gasteiger charge is -2.31. The van der Waals surface area contributed by atoms with E-state index in [4.69, 9.17) is 9.47 Å². The average molecular weight is 559 g/mol. The first-order valence-corrected chi connectivity index (χ1v) is 13.7. The fourth-order valence-electron chi connectivity index (χ4n) is 4.62. The summed E-state index contributed by atoms with van der Waals surface area (Å²) < 4.78 is 12.0. The first kappa shape index (κ1) is 31.2. The Morgan fingerprint density at radius 1 is 1.12 bits per heavy atom. The van der Waals surface area contributed by atoms with Gasteiger partial charge in [-0.1, -0.05) is 61.0 Å².